The van der Waals surface area contributed by atoms with E-state index in [0.717, 1.165) is 11.8 Å². The van der Waals surface area contributed by atoms with Gasteiger partial charge >= 0.3 is 29.6 Å². The number of azo groups is 2. The van der Waals surface area contributed by atoms with Gasteiger partial charge in [0.2, 0.25) is 10.0 Å². The Kier molecular flexibility index (Phi) is 19.6. The van der Waals surface area contributed by atoms with E-state index in [1.54, 1.807) is 31.2 Å². The molecule has 18 nitrogen and oxygen atoms in total. The summed E-state index contributed by atoms with van der Waals surface area (Å²) in [6.07, 6.45) is 0. The molecule has 0 spiro atoms. The van der Waals surface area contributed by atoms with Crippen molar-refractivity contribution in [2.24, 2.45) is 20.5 Å². The number of aliphatic hydroxyl groups is 1. The molecule has 0 aliphatic carbocycles. The molecule has 21 heteroatoms. The number of aliphatic hydroxyl groups excluding tert-OH is 1. The molecule has 0 bridgehead atoms. The fraction of sp³-hybridized carbons (Fsp3) is 0.300. The summed E-state index contributed by atoms with van der Waals surface area (Å²) in [5.41, 5.74) is 2.30. The van der Waals surface area contributed by atoms with Crippen LogP contribution in [0.15, 0.2) is 121 Å². The number of anilines is 2. The second-order valence-corrected chi connectivity index (χ2v) is 15.8. The Morgan fingerprint density at radius 1 is 0.689 bits per heavy atom. The molecular formula is C40H45N6NaO12S2. The third kappa shape index (κ3) is 14.9. The first-order valence-corrected chi connectivity index (χ1v) is 21.4. The van der Waals surface area contributed by atoms with Crippen LogP contribution >= 0.6 is 0 Å². The minimum Gasteiger partial charge on any atom is -0.744 e. The van der Waals surface area contributed by atoms with E-state index >= 15 is 0 Å². The number of fused-ring (bicyclic) bond motifs is 1. The first kappa shape index (κ1) is 49.2. The second-order valence-electron chi connectivity index (χ2n) is 12.7. The number of hydrogen-bond donors (Lipinski definition) is 4. The van der Waals surface area contributed by atoms with Gasteiger partial charge in [-0.2, -0.15) is 10.2 Å². The monoisotopic (exact) mass is 888 g/mol. The Balaban J connectivity index is 0.00000819. The van der Waals surface area contributed by atoms with Crippen LogP contribution in [0.25, 0.3) is 10.8 Å². The molecule has 0 amide bonds. The molecule has 0 saturated heterocycles. The Bertz CT molecular complexity index is 2480. The van der Waals surface area contributed by atoms with Crippen LogP contribution in [0.4, 0.5) is 34.1 Å². The number of aromatic hydroxyl groups is 1. The number of para-hydroxylation sites is 1. The average Bonchev–Trinajstić information content (AvgIpc) is 3.23. The van der Waals surface area contributed by atoms with Crippen LogP contribution in [0, 0.1) is 6.92 Å². The maximum Gasteiger partial charge on any atom is 1.00 e. The van der Waals surface area contributed by atoms with Crippen molar-refractivity contribution in [3.63, 3.8) is 0 Å². The minimum absolute atomic E-state index is 0. The molecule has 5 rings (SSSR count). The SMILES string of the molecule is COc1cc(N=Nc2ccc(S(=O)(=O)NCCOCCOCCOCCOCCO)cc2)c(C)cc1N=Nc1c(S(=O)(=O)[O-])cc2cc(Nc3ccccc3)ccc2c1O.[Na+]. The van der Waals surface area contributed by atoms with Crippen molar-refractivity contribution < 1.29 is 84.8 Å². The summed E-state index contributed by atoms with van der Waals surface area (Å²) in [5, 5.41) is 40.1. The average molecular weight is 889 g/mol. The van der Waals surface area contributed by atoms with Gasteiger partial charge in [0.1, 0.15) is 27.2 Å². The van der Waals surface area contributed by atoms with E-state index in [-0.39, 0.29) is 89.6 Å². The van der Waals surface area contributed by atoms with Crippen molar-refractivity contribution >= 4 is 65.0 Å². The van der Waals surface area contributed by atoms with E-state index in [4.69, 9.17) is 28.8 Å². The summed E-state index contributed by atoms with van der Waals surface area (Å²) < 4.78 is 91.8. The zero-order valence-corrected chi connectivity index (χ0v) is 37.4. The first-order chi connectivity index (χ1) is 28.9. The molecule has 0 aliphatic rings. The number of methoxy groups -OCH3 is 1. The Morgan fingerprint density at radius 2 is 1.31 bits per heavy atom. The number of nitrogens with one attached hydrogen (secondary N) is 2. The fourth-order valence-corrected chi connectivity index (χ4v) is 7.14. The zero-order valence-electron chi connectivity index (χ0n) is 33.8. The molecular weight excluding hydrogens is 844 g/mol. The van der Waals surface area contributed by atoms with Gasteiger partial charge in [0, 0.05) is 29.4 Å². The quantitative estimate of drug-likeness (QED) is 0.0299. The summed E-state index contributed by atoms with van der Waals surface area (Å²) in [4.78, 5) is -0.734. The van der Waals surface area contributed by atoms with Crippen LogP contribution < -0.4 is 44.3 Å². The Morgan fingerprint density at radius 3 is 1.93 bits per heavy atom. The molecule has 320 valence electrons. The summed E-state index contributed by atoms with van der Waals surface area (Å²) in [7, 11) is -7.56. The zero-order chi connectivity index (χ0) is 43.0. The Labute approximate surface area is 376 Å². The predicted molar refractivity (Wildman–Crippen MR) is 221 cm³/mol. The number of ether oxygens (including phenoxy) is 5. The normalized spacial score (nSPS) is 12.0. The molecule has 4 N–H and O–H groups in total. The second kappa shape index (κ2) is 24.3. The number of phenols is 1. The molecule has 0 heterocycles. The Hall–Kier alpha value is -4.42. The van der Waals surface area contributed by atoms with Crippen LogP contribution in [0.5, 0.6) is 11.5 Å². The molecule has 0 aliphatic heterocycles. The van der Waals surface area contributed by atoms with Crippen LogP contribution in [0.3, 0.4) is 0 Å². The molecule has 5 aromatic rings. The summed E-state index contributed by atoms with van der Waals surface area (Å²) in [6, 6.07) is 24.1. The van der Waals surface area contributed by atoms with Crippen molar-refractivity contribution in [1.29, 1.82) is 0 Å². The summed E-state index contributed by atoms with van der Waals surface area (Å²) >= 11 is 0. The molecule has 61 heavy (non-hydrogen) atoms. The third-order valence-corrected chi connectivity index (χ3v) is 10.8. The van der Waals surface area contributed by atoms with E-state index in [1.165, 1.54) is 37.4 Å². The smallest absolute Gasteiger partial charge is 0.744 e. The standard InChI is InChI=1S/C40H46N6O12S2.Na/c1-28-24-36(45-46-39-38(60(51,52)53)26-29-25-32(10-13-34(29)40(39)48)42-30-6-4-3-5-7-30)37(54-2)27-35(28)44-43-31-8-11-33(12-9-31)59(49,50)41-14-16-55-18-20-57-22-23-58-21-19-56-17-15-47;/h3-13,24-27,41-42,47-48H,14-23H2,1-2H3,(H,51,52,53);/q;+1/p-1. The molecule has 0 aromatic heterocycles. The molecule has 0 radical (unpaired) electrons. The maximum absolute atomic E-state index is 12.8. The van der Waals surface area contributed by atoms with Crippen LogP contribution in [0.1, 0.15) is 5.56 Å². The first-order valence-electron chi connectivity index (χ1n) is 18.5. The molecule has 0 atom stereocenters. The predicted octanol–water partition coefficient (Wildman–Crippen LogP) is 3.68. The van der Waals surface area contributed by atoms with Gasteiger partial charge in [-0.25, -0.2) is 21.6 Å². The van der Waals surface area contributed by atoms with Gasteiger partial charge in [-0.3, -0.25) is 0 Å². The maximum atomic E-state index is 12.8. The van der Waals surface area contributed by atoms with Crippen molar-refractivity contribution in [2.45, 2.75) is 16.7 Å². The van der Waals surface area contributed by atoms with E-state index in [9.17, 15) is 26.5 Å². The van der Waals surface area contributed by atoms with E-state index < -0.39 is 36.5 Å². The largest absolute Gasteiger partial charge is 1.00 e. The van der Waals surface area contributed by atoms with E-state index in [0.29, 0.717) is 55.7 Å². The number of benzene rings is 5. The van der Waals surface area contributed by atoms with Gasteiger partial charge < -0.3 is 43.8 Å². The van der Waals surface area contributed by atoms with Crippen LogP contribution in [-0.4, -0.2) is 105 Å². The number of aryl methyl sites for hydroxylation is 1. The van der Waals surface area contributed by atoms with Gasteiger partial charge in [0.15, 0.2) is 5.75 Å². The number of phenolic OH excluding ortho intramolecular Hbond substituents is 1. The summed E-state index contributed by atoms with van der Waals surface area (Å²) in [5.74, 6) is -0.371. The number of hydrogen-bond acceptors (Lipinski definition) is 17. The minimum atomic E-state index is -5.11. The van der Waals surface area contributed by atoms with Crippen molar-refractivity contribution in [3.05, 3.63) is 96.6 Å². The third-order valence-electron chi connectivity index (χ3n) is 8.45. The van der Waals surface area contributed by atoms with Crippen molar-refractivity contribution in [1.82, 2.24) is 4.72 Å². The van der Waals surface area contributed by atoms with Crippen molar-refractivity contribution in [3.8, 4) is 11.5 Å². The molecule has 0 saturated carbocycles. The molecule has 0 fully saturated rings. The molecule has 0 unspecified atom stereocenters. The number of rotatable bonds is 24. The number of nitrogens with zero attached hydrogens (tertiary/aromatic N) is 4. The van der Waals surface area contributed by atoms with Crippen LogP contribution in [0.2, 0.25) is 0 Å². The molecule has 5 aromatic carbocycles. The topological polar surface area (TPSA) is 251 Å². The van der Waals surface area contributed by atoms with Crippen molar-refractivity contribution in [2.75, 3.05) is 78.4 Å². The van der Waals surface area contributed by atoms with Gasteiger partial charge in [0.25, 0.3) is 0 Å². The van der Waals surface area contributed by atoms with Gasteiger partial charge in [-0.15, -0.1) is 10.2 Å². The van der Waals surface area contributed by atoms with Crippen LogP contribution in [-0.2, 0) is 39.1 Å². The van der Waals surface area contributed by atoms with Gasteiger partial charge in [0.05, 0.1) is 87.7 Å². The number of sulfonamides is 1. The summed E-state index contributed by atoms with van der Waals surface area (Å²) in [6.45, 7) is 4.30. The van der Waals surface area contributed by atoms with E-state index in [1.807, 2.05) is 30.3 Å². The van der Waals surface area contributed by atoms with Gasteiger partial charge in [-0.05, 0) is 84.6 Å². The van der Waals surface area contributed by atoms with Gasteiger partial charge in [-0.1, -0.05) is 18.2 Å². The van der Waals surface area contributed by atoms with E-state index in [2.05, 4.69) is 30.5 Å². The fourth-order valence-electron chi connectivity index (χ4n) is 5.48.